The quantitative estimate of drug-likeness (QED) is 0.722. The molecule has 0 radical (unpaired) electrons. The molecule has 2 aromatic heterocycles. The molecule has 8 heteroatoms. The van der Waals surface area contributed by atoms with Gasteiger partial charge in [-0.1, -0.05) is 23.4 Å². The van der Waals surface area contributed by atoms with Crippen molar-refractivity contribution in [2.45, 2.75) is 20.0 Å². The molecule has 0 unspecified atom stereocenters. The van der Waals surface area contributed by atoms with E-state index >= 15 is 0 Å². The van der Waals surface area contributed by atoms with Gasteiger partial charge in [0.2, 0.25) is 5.88 Å². The first-order valence-electron chi connectivity index (χ1n) is 7.24. The van der Waals surface area contributed by atoms with E-state index in [-0.39, 0.29) is 5.91 Å². The maximum atomic E-state index is 12.1. The van der Waals surface area contributed by atoms with Crippen LogP contribution in [0.15, 0.2) is 51.6 Å². The van der Waals surface area contributed by atoms with E-state index < -0.39 is 6.10 Å². The molecule has 0 aliphatic heterocycles. The highest BCUT2D eigenvalue weighted by Crippen LogP contribution is 2.25. The van der Waals surface area contributed by atoms with E-state index in [1.165, 1.54) is 0 Å². The van der Waals surface area contributed by atoms with Crippen LogP contribution in [-0.4, -0.2) is 26.9 Å². The Kier molecular flexibility index (Phi) is 4.66. The third-order valence-corrected chi connectivity index (χ3v) is 3.74. The molecule has 7 nitrogen and oxygen atoms in total. The Hall–Kier alpha value is -2.61. The molecule has 1 N–H and O–H groups in total. The zero-order chi connectivity index (χ0) is 17.1. The summed E-state index contributed by atoms with van der Waals surface area (Å²) in [6, 6.07) is 11.2. The highest BCUT2D eigenvalue weighted by Gasteiger charge is 2.19. The number of aryl methyl sites for hydroxylation is 1. The average Bonchev–Trinajstić information content (AvgIpc) is 3.14. The molecule has 3 rings (SSSR count). The lowest BCUT2D eigenvalue weighted by Gasteiger charge is -2.11. The van der Waals surface area contributed by atoms with Crippen molar-refractivity contribution in [2.75, 3.05) is 5.32 Å². The number of carbonyl (C=O) groups is 1. The molecule has 2 heterocycles. The molecule has 0 aliphatic rings. The third kappa shape index (κ3) is 3.65. The summed E-state index contributed by atoms with van der Waals surface area (Å²) in [6.07, 6.45) is 1.02. The van der Waals surface area contributed by atoms with Crippen molar-refractivity contribution in [3.63, 3.8) is 0 Å². The minimum atomic E-state index is -0.752. The second kappa shape index (κ2) is 6.88. The molecule has 0 aliphatic carbocycles. The van der Waals surface area contributed by atoms with E-state index in [1.807, 2.05) is 30.3 Å². The van der Waals surface area contributed by atoms with Crippen molar-refractivity contribution in [1.29, 1.82) is 0 Å². The number of amides is 1. The molecule has 0 fully saturated rings. The molecule has 24 heavy (non-hydrogen) atoms. The number of carbonyl (C=O) groups excluding carboxylic acids is 1. The van der Waals surface area contributed by atoms with Gasteiger partial charge in [-0.15, -0.1) is 5.10 Å². The molecule has 0 saturated carbocycles. The summed E-state index contributed by atoms with van der Waals surface area (Å²) in [6.45, 7) is 3.38. The number of nitrogens with zero attached hydrogens (tertiary/aromatic N) is 3. The first kappa shape index (κ1) is 16.3. The van der Waals surface area contributed by atoms with Crippen molar-refractivity contribution >= 4 is 27.7 Å². The van der Waals surface area contributed by atoms with E-state index in [0.29, 0.717) is 21.9 Å². The Morgan fingerprint density at radius 2 is 2.12 bits per heavy atom. The van der Waals surface area contributed by atoms with Crippen LogP contribution in [0.25, 0.3) is 5.69 Å². The van der Waals surface area contributed by atoms with Gasteiger partial charge in [0.25, 0.3) is 5.91 Å². The van der Waals surface area contributed by atoms with Crippen LogP contribution in [-0.2, 0) is 4.79 Å². The number of para-hydroxylation sites is 1. The molecule has 124 valence electrons. The minimum absolute atomic E-state index is 0.331. The second-order valence-electron chi connectivity index (χ2n) is 5.13. The molecule has 1 atom stereocenters. The number of rotatable bonds is 5. The van der Waals surface area contributed by atoms with Crippen molar-refractivity contribution in [3.05, 3.63) is 52.8 Å². The molecule has 1 aromatic carbocycles. The van der Waals surface area contributed by atoms with Gasteiger partial charge < -0.3 is 14.6 Å². The number of aromatic nitrogens is 3. The monoisotopic (exact) mass is 390 g/mol. The Morgan fingerprint density at radius 1 is 1.38 bits per heavy atom. The van der Waals surface area contributed by atoms with Crippen molar-refractivity contribution < 1.29 is 14.1 Å². The van der Waals surface area contributed by atoms with Gasteiger partial charge in [-0.2, -0.15) is 0 Å². The zero-order valence-electron chi connectivity index (χ0n) is 13.1. The fourth-order valence-electron chi connectivity index (χ4n) is 2.00. The van der Waals surface area contributed by atoms with Crippen LogP contribution in [0, 0.1) is 6.92 Å². The number of benzene rings is 1. The van der Waals surface area contributed by atoms with E-state index in [0.717, 1.165) is 5.69 Å². The van der Waals surface area contributed by atoms with E-state index in [2.05, 4.69) is 31.5 Å². The van der Waals surface area contributed by atoms with E-state index in [4.69, 9.17) is 9.26 Å². The Bertz CT molecular complexity index is 844. The largest absolute Gasteiger partial charge is 0.463 e. The fourth-order valence-corrected chi connectivity index (χ4v) is 2.37. The second-order valence-corrected chi connectivity index (χ2v) is 5.99. The zero-order valence-corrected chi connectivity index (χ0v) is 14.6. The summed E-state index contributed by atoms with van der Waals surface area (Å²) in [5, 5.41) is 10.7. The first-order valence-corrected chi connectivity index (χ1v) is 8.03. The molecule has 0 bridgehead atoms. The predicted molar refractivity (Wildman–Crippen MR) is 91.2 cm³/mol. The number of nitrogens with one attached hydrogen (secondary N) is 1. The number of ether oxygens (including phenoxy) is 1. The van der Waals surface area contributed by atoms with Gasteiger partial charge in [-0.25, -0.2) is 4.68 Å². The van der Waals surface area contributed by atoms with Gasteiger partial charge in [0.15, 0.2) is 11.9 Å². The van der Waals surface area contributed by atoms with Gasteiger partial charge in [-0.05, 0) is 41.9 Å². The fraction of sp³-hybridized carbons (Fsp3) is 0.188. The number of hydrogen-bond acceptors (Lipinski definition) is 5. The molecule has 0 saturated heterocycles. The maximum absolute atomic E-state index is 12.1. The lowest BCUT2D eigenvalue weighted by molar-refractivity contribution is -0.122. The van der Waals surface area contributed by atoms with Crippen LogP contribution in [0.3, 0.4) is 0 Å². The van der Waals surface area contributed by atoms with Gasteiger partial charge >= 0.3 is 0 Å². The van der Waals surface area contributed by atoms with Crippen LogP contribution in [0.5, 0.6) is 5.88 Å². The van der Waals surface area contributed by atoms with Gasteiger partial charge in [-0.3, -0.25) is 4.79 Å². The van der Waals surface area contributed by atoms with E-state index in [1.54, 1.807) is 30.8 Å². The topological polar surface area (TPSA) is 82.2 Å². The summed E-state index contributed by atoms with van der Waals surface area (Å²) in [7, 11) is 0. The van der Waals surface area contributed by atoms with Gasteiger partial charge in [0, 0.05) is 12.3 Å². The maximum Gasteiger partial charge on any atom is 0.266 e. The molecular formula is C16H15BrN4O3. The van der Waals surface area contributed by atoms with Crippen LogP contribution < -0.4 is 10.1 Å². The highest BCUT2D eigenvalue weighted by atomic mass is 79.9. The summed E-state index contributed by atoms with van der Waals surface area (Å²) in [5.74, 6) is 0.951. The number of halogens is 1. The van der Waals surface area contributed by atoms with E-state index in [9.17, 15) is 4.79 Å². The normalized spacial score (nSPS) is 12.0. The summed E-state index contributed by atoms with van der Waals surface area (Å²) < 4.78 is 12.9. The summed E-state index contributed by atoms with van der Waals surface area (Å²) >= 11 is 3.39. The van der Waals surface area contributed by atoms with Crippen LogP contribution >= 0.6 is 15.9 Å². The number of hydrogen-bond donors (Lipinski definition) is 1. The van der Waals surface area contributed by atoms with Gasteiger partial charge in [0.1, 0.15) is 5.76 Å². The van der Waals surface area contributed by atoms with Crippen molar-refractivity contribution in [2.24, 2.45) is 0 Å². The molecular weight excluding hydrogens is 376 g/mol. The summed E-state index contributed by atoms with van der Waals surface area (Å²) in [5.41, 5.74) is 0.892. The first-order chi connectivity index (χ1) is 11.5. The third-order valence-electron chi connectivity index (χ3n) is 3.20. The lowest BCUT2D eigenvalue weighted by Crippen LogP contribution is -2.30. The Balaban J connectivity index is 1.69. The van der Waals surface area contributed by atoms with Crippen molar-refractivity contribution in [3.8, 4) is 11.6 Å². The highest BCUT2D eigenvalue weighted by molar-refractivity contribution is 9.10. The standard InChI is InChI=1S/C16H15BrN4O3/c1-10-8-14(20-24-10)18-15(22)11(2)23-16-13(17)9-21(19-16)12-6-4-3-5-7-12/h3-9,11H,1-2H3,(H,18,20,22)/t11-/m0/s1. The summed E-state index contributed by atoms with van der Waals surface area (Å²) in [4.78, 5) is 12.1. The molecule has 1 amide bonds. The van der Waals surface area contributed by atoms with Crippen LogP contribution in [0.1, 0.15) is 12.7 Å². The predicted octanol–water partition coefficient (Wildman–Crippen LogP) is 3.34. The molecule has 0 spiro atoms. The van der Waals surface area contributed by atoms with Crippen molar-refractivity contribution in [1.82, 2.24) is 14.9 Å². The van der Waals surface area contributed by atoms with Crippen LogP contribution in [0.2, 0.25) is 0 Å². The lowest BCUT2D eigenvalue weighted by atomic mass is 10.3. The van der Waals surface area contributed by atoms with Crippen LogP contribution in [0.4, 0.5) is 5.82 Å². The smallest absolute Gasteiger partial charge is 0.266 e. The SMILES string of the molecule is Cc1cc(NC(=O)[C@H](C)Oc2nn(-c3ccccc3)cc2Br)no1. The number of anilines is 1. The average molecular weight is 391 g/mol. The van der Waals surface area contributed by atoms with Gasteiger partial charge in [0.05, 0.1) is 10.2 Å². The Morgan fingerprint density at radius 3 is 2.79 bits per heavy atom. The Labute approximate surface area is 146 Å². The minimum Gasteiger partial charge on any atom is -0.463 e. The molecule has 3 aromatic rings.